The van der Waals surface area contributed by atoms with Crippen molar-refractivity contribution in [2.45, 2.75) is 0 Å². The Labute approximate surface area is 111 Å². The molecule has 0 saturated carbocycles. The van der Waals surface area contributed by atoms with E-state index in [0.717, 1.165) is 4.90 Å². The Bertz CT molecular complexity index is 494. The average Bonchev–Trinajstić information content (AvgIpc) is 2.48. The summed E-state index contributed by atoms with van der Waals surface area (Å²) >= 11 is 23.3. The molecule has 2 rings (SSSR count). The number of nitrogens with zero attached hydrogens (tertiary/aromatic N) is 1. The molecule has 0 atom stereocenters. The third-order valence-corrected chi connectivity index (χ3v) is 4.11. The minimum atomic E-state index is -0.537. The summed E-state index contributed by atoms with van der Waals surface area (Å²) in [5.74, 6) is -1.07. The summed E-state index contributed by atoms with van der Waals surface area (Å²) in [6.45, 7) is 0. The fourth-order valence-corrected chi connectivity index (χ4v) is 2.48. The molecule has 84 valence electrons. The number of hydrogen-bond donors (Lipinski definition) is 0. The zero-order valence-electron chi connectivity index (χ0n) is 7.78. The summed E-state index contributed by atoms with van der Waals surface area (Å²) in [4.78, 5) is 24.3. The molecule has 1 heterocycles. The Hall–Kier alpha value is -0.480. The van der Waals surface area contributed by atoms with Crippen molar-refractivity contribution in [2.24, 2.45) is 0 Å². The number of hydrogen-bond acceptors (Lipinski definition) is 2. The van der Waals surface area contributed by atoms with E-state index < -0.39 is 11.8 Å². The van der Waals surface area contributed by atoms with Gasteiger partial charge in [0.15, 0.2) is 0 Å². The van der Waals surface area contributed by atoms with Gasteiger partial charge in [0.2, 0.25) is 0 Å². The Morgan fingerprint density at radius 1 is 0.750 bits per heavy atom. The van der Waals surface area contributed by atoms with E-state index in [2.05, 4.69) is 0 Å². The van der Waals surface area contributed by atoms with Crippen LogP contribution in [-0.4, -0.2) is 23.8 Å². The maximum Gasteiger partial charge on any atom is 0.262 e. The van der Waals surface area contributed by atoms with Crippen LogP contribution in [0.2, 0.25) is 20.1 Å². The van der Waals surface area contributed by atoms with Crippen molar-refractivity contribution in [3.8, 4) is 0 Å². The fraction of sp³-hybridized carbons (Fsp3) is 0.111. The smallest absolute Gasteiger partial charge is 0.262 e. The van der Waals surface area contributed by atoms with Gasteiger partial charge in [-0.2, -0.15) is 0 Å². The zero-order valence-corrected chi connectivity index (χ0v) is 10.8. The van der Waals surface area contributed by atoms with Crippen molar-refractivity contribution in [1.82, 2.24) is 4.90 Å². The highest BCUT2D eigenvalue weighted by Crippen LogP contribution is 2.44. The van der Waals surface area contributed by atoms with Gasteiger partial charge < -0.3 is 0 Å². The number of carbonyl (C=O) groups is 2. The summed E-state index contributed by atoms with van der Waals surface area (Å²) in [6, 6.07) is 0. The van der Waals surface area contributed by atoms with Gasteiger partial charge in [-0.05, 0) is 0 Å². The number of fused-ring (bicyclic) bond motifs is 1. The summed E-state index contributed by atoms with van der Waals surface area (Å²) in [5, 5.41) is -0.144. The van der Waals surface area contributed by atoms with Crippen molar-refractivity contribution in [3.63, 3.8) is 0 Å². The first-order valence-electron chi connectivity index (χ1n) is 4.06. The van der Waals surface area contributed by atoms with Crippen LogP contribution in [0.4, 0.5) is 0 Å². The molecule has 3 nitrogen and oxygen atoms in total. The molecular weight excluding hydrogens is 296 g/mol. The number of halogens is 4. The molecule has 16 heavy (non-hydrogen) atoms. The quantitative estimate of drug-likeness (QED) is 0.417. The van der Waals surface area contributed by atoms with Crippen LogP contribution < -0.4 is 0 Å². The monoisotopic (exact) mass is 297 g/mol. The molecule has 0 aromatic heterocycles. The zero-order chi connectivity index (χ0) is 12.2. The molecule has 0 bridgehead atoms. The standard InChI is InChI=1S/C9H3Cl4NO2/c1-14-8(15)2-3(9(14)16)5(11)7(13)6(12)4(2)10/h1H3. The van der Waals surface area contributed by atoms with E-state index in [1.807, 2.05) is 0 Å². The number of amides is 2. The van der Waals surface area contributed by atoms with Crippen LogP contribution in [0, 0.1) is 0 Å². The summed E-state index contributed by atoms with van der Waals surface area (Å²) in [6.07, 6.45) is 0. The van der Waals surface area contributed by atoms with Gasteiger partial charge in [-0.1, -0.05) is 46.4 Å². The molecule has 1 aromatic carbocycles. The van der Waals surface area contributed by atoms with Crippen molar-refractivity contribution >= 4 is 58.2 Å². The first kappa shape index (κ1) is 12.0. The molecule has 1 aliphatic heterocycles. The number of imide groups is 1. The lowest BCUT2D eigenvalue weighted by Crippen LogP contribution is -2.24. The highest BCUT2D eigenvalue weighted by molar-refractivity contribution is 6.55. The SMILES string of the molecule is CN1C(=O)c2c(Cl)c(Cl)c(Cl)c(Cl)c2C1=O. The maximum absolute atomic E-state index is 11.7. The second-order valence-corrected chi connectivity index (χ2v) is 4.69. The average molecular weight is 299 g/mol. The molecular formula is C9H3Cl4NO2. The van der Waals surface area contributed by atoms with E-state index >= 15 is 0 Å². The Morgan fingerprint density at radius 3 is 1.38 bits per heavy atom. The Kier molecular flexibility index (Phi) is 2.83. The van der Waals surface area contributed by atoms with E-state index in [0.29, 0.717) is 0 Å². The predicted octanol–water partition coefficient (Wildman–Crippen LogP) is 3.53. The summed E-state index contributed by atoms with van der Waals surface area (Å²) in [7, 11) is 1.33. The molecule has 1 aromatic rings. The maximum atomic E-state index is 11.7. The molecule has 0 fully saturated rings. The first-order chi connectivity index (χ1) is 7.37. The second kappa shape index (κ2) is 3.77. The van der Waals surface area contributed by atoms with Crippen LogP contribution in [0.25, 0.3) is 0 Å². The van der Waals surface area contributed by atoms with Crippen LogP contribution in [0.3, 0.4) is 0 Å². The third-order valence-electron chi connectivity index (χ3n) is 2.30. The Morgan fingerprint density at radius 2 is 1.06 bits per heavy atom. The Balaban J connectivity index is 2.91. The van der Waals surface area contributed by atoms with Gasteiger partial charge in [-0.15, -0.1) is 0 Å². The normalized spacial score (nSPS) is 14.7. The van der Waals surface area contributed by atoms with E-state index in [1.54, 1.807) is 0 Å². The lowest BCUT2D eigenvalue weighted by Gasteiger charge is -2.06. The number of rotatable bonds is 0. The van der Waals surface area contributed by atoms with Gasteiger partial charge in [0.25, 0.3) is 11.8 Å². The van der Waals surface area contributed by atoms with Gasteiger partial charge in [-0.25, -0.2) is 0 Å². The van der Waals surface area contributed by atoms with Crippen molar-refractivity contribution < 1.29 is 9.59 Å². The predicted molar refractivity (Wildman–Crippen MR) is 62.9 cm³/mol. The van der Waals surface area contributed by atoms with Gasteiger partial charge in [0, 0.05) is 7.05 Å². The van der Waals surface area contributed by atoms with Gasteiger partial charge in [0.1, 0.15) is 0 Å². The molecule has 0 unspecified atom stereocenters. The van der Waals surface area contributed by atoms with Crippen molar-refractivity contribution in [1.29, 1.82) is 0 Å². The molecule has 7 heteroatoms. The minimum Gasteiger partial charge on any atom is -0.277 e. The van der Waals surface area contributed by atoms with Crippen LogP contribution in [-0.2, 0) is 0 Å². The highest BCUT2D eigenvalue weighted by Gasteiger charge is 2.39. The van der Waals surface area contributed by atoms with Crippen molar-refractivity contribution in [3.05, 3.63) is 31.2 Å². The van der Waals surface area contributed by atoms with Crippen molar-refractivity contribution in [2.75, 3.05) is 7.05 Å². The molecule has 0 radical (unpaired) electrons. The molecule has 0 N–H and O–H groups in total. The summed E-state index contributed by atoms with van der Waals surface area (Å²) < 4.78 is 0. The minimum absolute atomic E-state index is 0.00793. The second-order valence-electron chi connectivity index (χ2n) is 3.18. The molecule has 0 aliphatic carbocycles. The lowest BCUT2D eigenvalue weighted by molar-refractivity contribution is 0.0693. The van der Waals surface area contributed by atoms with E-state index in [4.69, 9.17) is 46.4 Å². The first-order valence-corrected chi connectivity index (χ1v) is 5.57. The third kappa shape index (κ3) is 1.36. The van der Waals surface area contributed by atoms with Crippen LogP contribution >= 0.6 is 46.4 Å². The topological polar surface area (TPSA) is 37.4 Å². The van der Waals surface area contributed by atoms with E-state index in [1.165, 1.54) is 7.05 Å². The lowest BCUT2D eigenvalue weighted by atomic mass is 10.1. The van der Waals surface area contributed by atoms with Crippen LogP contribution in [0.15, 0.2) is 0 Å². The van der Waals surface area contributed by atoms with E-state index in [-0.39, 0.29) is 31.2 Å². The van der Waals surface area contributed by atoms with Gasteiger partial charge >= 0.3 is 0 Å². The highest BCUT2D eigenvalue weighted by atomic mass is 35.5. The van der Waals surface area contributed by atoms with Crippen LogP contribution in [0.1, 0.15) is 20.7 Å². The number of carbonyl (C=O) groups excluding carboxylic acids is 2. The van der Waals surface area contributed by atoms with Crippen LogP contribution in [0.5, 0.6) is 0 Å². The largest absolute Gasteiger partial charge is 0.277 e. The molecule has 0 spiro atoms. The number of benzene rings is 1. The summed E-state index contributed by atoms with van der Waals surface area (Å²) in [5.41, 5.74) is 0.0159. The van der Waals surface area contributed by atoms with Gasteiger partial charge in [-0.3, -0.25) is 14.5 Å². The molecule has 2 amide bonds. The van der Waals surface area contributed by atoms with E-state index in [9.17, 15) is 9.59 Å². The fourth-order valence-electron chi connectivity index (χ4n) is 1.46. The molecule has 1 aliphatic rings. The molecule has 0 saturated heterocycles. The van der Waals surface area contributed by atoms with Gasteiger partial charge in [0.05, 0.1) is 31.2 Å².